The number of benzene rings is 1. The van der Waals surface area contributed by atoms with Gasteiger partial charge in [-0.1, -0.05) is 21.1 Å². The van der Waals surface area contributed by atoms with Gasteiger partial charge in [0.2, 0.25) is 5.91 Å². The summed E-state index contributed by atoms with van der Waals surface area (Å²) < 4.78 is 2.33. The van der Waals surface area contributed by atoms with Crippen LogP contribution in [0.15, 0.2) is 41.1 Å². The molecule has 27 heavy (non-hydrogen) atoms. The van der Waals surface area contributed by atoms with E-state index >= 15 is 0 Å². The van der Waals surface area contributed by atoms with Gasteiger partial charge in [0.1, 0.15) is 12.2 Å². The average molecular weight is 450 g/mol. The Morgan fingerprint density at radius 1 is 1.22 bits per heavy atom. The molecule has 3 N–H and O–H groups in total. The smallest absolute Gasteiger partial charge is 0.319 e. The predicted octanol–water partition coefficient (Wildman–Crippen LogP) is 2.77. The van der Waals surface area contributed by atoms with E-state index in [9.17, 15) is 9.59 Å². The molecule has 0 spiro atoms. The van der Waals surface area contributed by atoms with Crippen molar-refractivity contribution in [2.75, 3.05) is 10.6 Å². The number of halogens is 1. The number of nitrogens with zero attached hydrogens (tertiary/aromatic N) is 4. The zero-order valence-corrected chi connectivity index (χ0v) is 16.7. The summed E-state index contributed by atoms with van der Waals surface area (Å²) in [7, 11) is 0. The predicted molar refractivity (Wildman–Crippen MR) is 106 cm³/mol. The van der Waals surface area contributed by atoms with E-state index in [-0.39, 0.29) is 25.0 Å². The van der Waals surface area contributed by atoms with E-state index in [2.05, 4.69) is 47.2 Å². The second-order valence-corrected chi connectivity index (χ2v) is 7.70. The fourth-order valence-corrected chi connectivity index (χ4v) is 3.04. The molecule has 1 aromatic carbocycles. The Morgan fingerprint density at radius 2 is 2.00 bits per heavy atom. The second-order valence-electron chi connectivity index (χ2n) is 5.55. The van der Waals surface area contributed by atoms with Crippen LogP contribution in [0.5, 0.6) is 0 Å². The third-order valence-corrected chi connectivity index (χ3v) is 4.65. The maximum Gasteiger partial charge on any atom is 0.319 e. The highest BCUT2D eigenvalue weighted by molar-refractivity contribution is 9.10. The SMILES string of the molecule is Cc1cnc(NC(=O)Cn2cc(CNC(=O)Nc3ccc(Br)cc3)nn2)s1. The number of amides is 3. The molecule has 0 radical (unpaired) electrons. The lowest BCUT2D eigenvalue weighted by Gasteiger charge is -2.06. The summed E-state index contributed by atoms with van der Waals surface area (Å²) in [6, 6.07) is 6.87. The molecule has 2 heterocycles. The first kappa shape index (κ1) is 19.0. The topological polar surface area (TPSA) is 114 Å². The zero-order valence-electron chi connectivity index (χ0n) is 14.3. The summed E-state index contributed by atoms with van der Waals surface area (Å²) in [6.45, 7) is 2.11. The average Bonchev–Trinajstić information content (AvgIpc) is 3.24. The number of aryl methyl sites for hydroxylation is 1. The highest BCUT2D eigenvalue weighted by atomic mass is 79.9. The van der Waals surface area contributed by atoms with Crippen molar-refractivity contribution in [3.8, 4) is 0 Å². The van der Waals surface area contributed by atoms with E-state index in [0.29, 0.717) is 16.5 Å². The first-order valence-corrected chi connectivity index (χ1v) is 9.50. The molecule has 0 unspecified atom stereocenters. The molecule has 9 nitrogen and oxygen atoms in total. The largest absolute Gasteiger partial charge is 0.332 e. The minimum absolute atomic E-state index is 0.0106. The van der Waals surface area contributed by atoms with Crippen molar-refractivity contribution in [2.45, 2.75) is 20.0 Å². The van der Waals surface area contributed by atoms with Gasteiger partial charge in [-0.25, -0.2) is 14.5 Å². The van der Waals surface area contributed by atoms with Crippen LogP contribution >= 0.6 is 27.3 Å². The number of urea groups is 1. The van der Waals surface area contributed by atoms with Gasteiger partial charge in [-0.05, 0) is 31.2 Å². The van der Waals surface area contributed by atoms with Gasteiger partial charge in [0.25, 0.3) is 0 Å². The number of carbonyl (C=O) groups excluding carboxylic acids is 2. The monoisotopic (exact) mass is 449 g/mol. The van der Waals surface area contributed by atoms with Crippen molar-refractivity contribution in [3.63, 3.8) is 0 Å². The Morgan fingerprint density at radius 3 is 2.70 bits per heavy atom. The summed E-state index contributed by atoms with van der Waals surface area (Å²) in [5, 5.41) is 16.5. The number of aromatic nitrogens is 4. The van der Waals surface area contributed by atoms with Gasteiger partial charge in [0, 0.05) is 21.2 Å². The van der Waals surface area contributed by atoms with Gasteiger partial charge in [0.05, 0.1) is 12.7 Å². The highest BCUT2D eigenvalue weighted by Gasteiger charge is 2.09. The standard InChI is InChI=1S/C16H16BrN7O2S/c1-10-6-19-16(27-10)21-14(25)9-24-8-13(22-23-24)7-18-15(26)20-12-4-2-11(17)3-5-12/h2-6,8H,7,9H2,1H3,(H2,18,20,26)(H,19,21,25). The number of hydrogen-bond donors (Lipinski definition) is 3. The number of thiazole rings is 1. The fourth-order valence-electron chi connectivity index (χ4n) is 2.09. The van der Waals surface area contributed by atoms with E-state index < -0.39 is 0 Å². The second kappa shape index (κ2) is 8.73. The van der Waals surface area contributed by atoms with Gasteiger partial charge in [-0.3, -0.25) is 4.79 Å². The molecule has 140 valence electrons. The molecule has 0 atom stereocenters. The Labute approximate surface area is 167 Å². The molecule has 2 aromatic heterocycles. The number of rotatable bonds is 6. The van der Waals surface area contributed by atoms with Crippen LogP contribution in [0.4, 0.5) is 15.6 Å². The maximum atomic E-state index is 12.0. The first-order chi connectivity index (χ1) is 13.0. The van der Waals surface area contributed by atoms with E-state index in [1.54, 1.807) is 24.5 Å². The molecule has 3 amide bonds. The van der Waals surface area contributed by atoms with Crippen LogP contribution < -0.4 is 16.0 Å². The first-order valence-electron chi connectivity index (χ1n) is 7.89. The molecule has 0 saturated heterocycles. The third kappa shape index (κ3) is 5.86. The molecule has 0 aliphatic rings. The summed E-state index contributed by atoms with van der Waals surface area (Å²) >= 11 is 4.73. The summed E-state index contributed by atoms with van der Waals surface area (Å²) in [4.78, 5) is 29.0. The summed E-state index contributed by atoms with van der Waals surface area (Å²) in [6.07, 6.45) is 3.30. The molecule has 0 fully saturated rings. The summed E-state index contributed by atoms with van der Waals surface area (Å²) in [5.41, 5.74) is 1.22. The molecule has 3 rings (SSSR count). The van der Waals surface area contributed by atoms with Gasteiger partial charge < -0.3 is 16.0 Å². The molecular formula is C16H16BrN7O2S. The van der Waals surface area contributed by atoms with Crippen molar-refractivity contribution >= 4 is 50.0 Å². The number of nitrogens with one attached hydrogen (secondary N) is 3. The molecule has 0 aliphatic carbocycles. The highest BCUT2D eigenvalue weighted by Crippen LogP contribution is 2.16. The van der Waals surface area contributed by atoms with Crippen molar-refractivity contribution < 1.29 is 9.59 Å². The van der Waals surface area contributed by atoms with Gasteiger partial charge in [0.15, 0.2) is 5.13 Å². The maximum absolute atomic E-state index is 12.0. The number of hydrogen-bond acceptors (Lipinski definition) is 6. The van der Waals surface area contributed by atoms with Crippen molar-refractivity contribution in [1.82, 2.24) is 25.3 Å². The van der Waals surface area contributed by atoms with Gasteiger partial charge in [-0.15, -0.1) is 16.4 Å². The van der Waals surface area contributed by atoms with E-state index in [4.69, 9.17) is 0 Å². The quantitative estimate of drug-likeness (QED) is 0.535. The van der Waals surface area contributed by atoms with Crippen LogP contribution in [0.25, 0.3) is 0 Å². The lowest BCUT2D eigenvalue weighted by Crippen LogP contribution is -2.28. The Kier molecular flexibility index (Phi) is 6.14. The number of anilines is 2. The Bertz CT molecular complexity index is 938. The zero-order chi connectivity index (χ0) is 19.2. The van der Waals surface area contributed by atoms with Crippen LogP contribution in [-0.2, 0) is 17.9 Å². The van der Waals surface area contributed by atoms with Crippen molar-refractivity contribution in [2.24, 2.45) is 0 Å². The Balaban J connectivity index is 1.45. The lowest BCUT2D eigenvalue weighted by molar-refractivity contribution is -0.116. The molecule has 3 aromatic rings. The van der Waals surface area contributed by atoms with Crippen LogP contribution in [0.3, 0.4) is 0 Å². The molecule has 0 saturated carbocycles. The normalized spacial score (nSPS) is 10.4. The molecule has 0 aliphatic heterocycles. The van der Waals surface area contributed by atoms with Crippen molar-refractivity contribution in [3.05, 3.63) is 51.7 Å². The van der Waals surface area contributed by atoms with E-state index in [1.165, 1.54) is 16.0 Å². The molecular weight excluding hydrogens is 434 g/mol. The van der Waals surface area contributed by atoms with Crippen LogP contribution in [0.2, 0.25) is 0 Å². The van der Waals surface area contributed by atoms with Gasteiger partial charge in [-0.2, -0.15) is 0 Å². The summed E-state index contributed by atoms with van der Waals surface area (Å²) in [5.74, 6) is -0.248. The van der Waals surface area contributed by atoms with Crippen molar-refractivity contribution in [1.29, 1.82) is 0 Å². The third-order valence-electron chi connectivity index (χ3n) is 3.29. The van der Waals surface area contributed by atoms with Gasteiger partial charge >= 0.3 is 6.03 Å². The van der Waals surface area contributed by atoms with Crippen LogP contribution in [-0.4, -0.2) is 31.9 Å². The lowest BCUT2D eigenvalue weighted by atomic mass is 10.3. The fraction of sp³-hybridized carbons (Fsp3) is 0.188. The van der Waals surface area contributed by atoms with E-state index in [0.717, 1.165) is 9.35 Å². The van der Waals surface area contributed by atoms with Crippen LogP contribution in [0.1, 0.15) is 10.6 Å². The minimum atomic E-state index is -0.358. The van der Waals surface area contributed by atoms with E-state index in [1.807, 2.05) is 19.1 Å². The molecule has 11 heteroatoms. The molecule has 0 bridgehead atoms. The number of carbonyl (C=O) groups is 2. The Hall–Kier alpha value is -2.79. The minimum Gasteiger partial charge on any atom is -0.332 e. The van der Waals surface area contributed by atoms with Crippen LogP contribution in [0, 0.1) is 6.92 Å².